The highest BCUT2D eigenvalue weighted by atomic mass is 32.2. The average Bonchev–Trinajstić information content (AvgIpc) is 2.45. The van der Waals surface area contributed by atoms with Crippen LogP contribution in [-0.4, -0.2) is 17.5 Å². The molecule has 0 saturated heterocycles. The summed E-state index contributed by atoms with van der Waals surface area (Å²) >= 11 is 1.78. The molecule has 2 aromatic carbocycles. The van der Waals surface area contributed by atoms with E-state index < -0.39 is 6.10 Å². The molecular weight excluding hydrogens is 256 g/mol. The van der Waals surface area contributed by atoms with E-state index in [4.69, 9.17) is 4.74 Å². The second kappa shape index (κ2) is 7.22. The van der Waals surface area contributed by atoms with Crippen molar-refractivity contribution in [2.45, 2.75) is 17.9 Å². The molecule has 0 spiro atoms. The molecule has 0 heterocycles. The fourth-order valence-corrected chi connectivity index (χ4v) is 2.45. The second-order valence-electron chi connectivity index (χ2n) is 4.26. The van der Waals surface area contributed by atoms with Gasteiger partial charge in [-0.05, 0) is 36.8 Å². The lowest BCUT2D eigenvalue weighted by molar-refractivity contribution is 0.198. The number of hydrogen-bond acceptors (Lipinski definition) is 3. The quantitative estimate of drug-likeness (QED) is 0.639. The zero-order valence-electron chi connectivity index (χ0n) is 11.0. The second-order valence-corrected chi connectivity index (χ2v) is 5.43. The van der Waals surface area contributed by atoms with E-state index in [9.17, 15) is 5.11 Å². The van der Waals surface area contributed by atoms with E-state index in [2.05, 4.69) is 12.1 Å². The molecule has 1 N–H and O–H groups in total. The molecule has 19 heavy (non-hydrogen) atoms. The SMILES string of the molecule is C[C@@H](O)c1cccc(OCCSc2ccccc2)c1. The lowest BCUT2D eigenvalue weighted by Crippen LogP contribution is -2.01. The lowest BCUT2D eigenvalue weighted by Gasteiger charge is -2.09. The summed E-state index contributed by atoms with van der Waals surface area (Å²) in [5.41, 5.74) is 0.883. The van der Waals surface area contributed by atoms with Crippen molar-refractivity contribution in [2.24, 2.45) is 0 Å². The van der Waals surface area contributed by atoms with Gasteiger partial charge in [-0.2, -0.15) is 0 Å². The highest BCUT2D eigenvalue weighted by Crippen LogP contribution is 2.20. The maximum Gasteiger partial charge on any atom is 0.119 e. The van der Waals surface area contributed by atoms with Gasteiger partial charge < -0.3 is 9.84 Å². The summed E-state index contributed by atoms with van der Waals surface area (Å²) in [5.74, 6) is 1.72. The summed E-state index contributed by atoms with van der Waals surface area (Å²) < 4.78 is 5.69. The number of aliphatic hydroxyl groups excluding tert-OH is 1. The maximum absolute atomic E-state index is 9.51. The van der Waals surface area contributed by atoms with Crippen LogP contribution in [0.3, 0.4) is 0 Å². The molecule has 2 rings (SSSR count). The number of hydrogen-bond donors (Lipinski definition) is 1. The minimum absolute atomic E-state index is 0.456. The summed E-state index contributed by atoms with van der Waals surface area (Å²) in [6.07, 6.45) is -0.456. The van der Waals surface area contributed by atoms with Crippen LogP contribution >= 0.6 is 11.8 Å². The Labute approximate surface area is 118 Å². The largest absolute Gasteiger partial charge is 0.493 e. The van der Waals surface area contributed by atoms with Gasteiger partial charge in [0, 0.05) is 10.6 Å². The van der Waals surface area contributed by atoms with Crippen LogP contribution in [0.2, 0.25) is 0 Å². The van der Waals surface area contributed by atoms with Gasteiger partial charge in [-0.3, -0.25) is 0 Å². The van der Waals surface area contributed by atoms with Crippen LogP contribution < -0.4 is 4.74 Å². The third-order valence-corrected chi connectivity index (χ3v) is 3.68. The Morgan fingerprint density at radius 2 is 1.89 bits per heavy atom. The molecule has 0 saturated carbocycles. The van der Waals surface area contributed by atoms with Gasteiger partial charge in [0.1, 0.15) is 5.75 Å². The Kier molecular flexibility index (Phi) is 5.31. The average molecular weight is 274 g/mol. The van der Waals surface area contributed by atoms with Gasteiger partial charge in [0.15, 0.2) is 0 Å². The van der Waals surface area contributed by atoms with E-state index in [0.29, 0.717) is 6.61 Å². The zero-order chi connectivity index (χ0) is 13.5. The van der Waals surface area contributed by atoms with Crippen LogP contribution in [0.5, 0.6) is 5.75 Å². The van der Waals surface area contributed by atoms with E-state index in [0.717, 1.165) is 17.1 Å². The molecule has 0 bridgehead atoms. The minimum Gasteiger partial charge on any atom is -0.493 e. The molecular formula is C16H18O2S. The molecule has 2 nitrogen and oxygen atoms in total. The fraction of sp³-hybridized carbons (Fsp3) is 0.250. The minimum atomic E-state index is -0.456. The molecule has 0 aliphatic heterocycles. The predicted octanol–water partition coefficient (Wildman–Crippen LogP) is 3.91. The summed E-state index contributed by atoms with van der Waals surface area (Å²) in [4.78, 5) is 1.25. The molecule has 0 aliphatic rings. The first-order valence-corrected chi connectivity index (χ1v) is 7.33. The molecule has 0 fully saturated rings. The topological polar surface area (TPSA) is 29.5 Å². The predicted molar refractivity (Wildman–Crippen MR) is 79.7 cm³/mol. The molecule has 0 radical (unpaired) electrons. The van der Waals surface area contributed by atoms with Crippen LogP contribution in [0.25, 0.3) is 0 Å². The molecule has 2 aromatic rings. The van der Waals surface area contributed by atoms with Crippen molar-refractivity contribution in [2.75, 3.05) is 12.4 Å². The fourth-order valence-electron chi connectivity index (χ4n) is 1.70. The van der Waals surface area contributed by atoms with Gasteiger partial charge in [0.25, 0.3) is 0 Å². The molecule has 0 unspecified atom stereocenters. The first-order chi connectivity index (χ1) is 9.25. The summed E-state index contributed by atoms with van der Waals surface area (Å²) in [6.45, 7) is 2.41. The van der Waals surface area contributed by atoms with Gasteiger partial charge in [-0.1, -0.05) is 30.3 Å². The normalized spacial score (nSPS) is 12.1. The van der Waals surface area contributed by atoms with Gasteiger partial charge in [0.05, 0.1) is 12.7 Å². The highest BCUT2D eigenvalue weighted by Gasteiger charge is 2.02. The van der Waals surface area contributed by atoms with Crippen molar-refractivity contribution in [1.29, 1.82) is 0 Å². The van der Waals surface area contributed by atoms with Crippen molar-refractivity contribution < 1.29 is 9.84 Å². The summed E-state index contributed by atoms with van der Waals surface area (Å²) in [6, 6.07) is 17.9. The number of ether oxygens (including phenoxy) is 1. The Bertz CT molecular complexity index is 497. The van der Waals surface area contributed by atoms with E-state index in [1.54, 1.807) is 18.7 Å². The Morgan fingerprint density at radius 3 is 2.63 bits per heavy atom. The molecule has 0 aromatic heterocycles. The van der Waals surface area contributed by atoms with Crippen molar-refractivity contribution in [3.05, 3.63) is 60.2 Å². The van der Waals surface area contributed by atoms with Gasteiger partial charge in [-0.15, -0.1) is 11.8 Å². The Balaban J connectivity index is 1.78. The number of rotatable bonds is 6. The van der Waals surface area contributed by atoms with Gasteiger partial charge in [-0.25, -0.2) is 0 Å². The molecule has 1 atom stereocenters. The van der Waals surface area contributed by atoms with Crippen molar-refractivity contribution in [3.63, 3.8) is 0 Å². The van der Waals surface area contributed by atoms with Crippen molar-refractivity contribution in [3.8, 4) is 5.75 Å². The number of aliphatic hydroxyl groups is 1. The number of thioether (sulfide) groups is 1. The van der Waals surface area contributed by atoms with Gasteiger partial charge in [0.2, 0.25) is 0 Å². The monoisotopic (exact) mass is 274 g/mol. The third-order valence-electron chi connectivity index (χ3n) is 2.70. The zero-order valence-corrected chi connectivity index (χ0v) is 11.8. The van der Waals surface area contributed by atoms with Crippen LogP contribution in [0, 0.1) is 0 Å². The molecule has 0 amide bonds. The molecule has 0 aliphatic carbocycles. The van der Waals surface area contributed by atoms with E-state index in [1.165, 1.54) is 4.90 Å². The smallest absolute Gasteiger partial charge is 0.119 e. The van der Waals surface area contributed by atoms with Gasteiger partial charge >= 0.3 is 0 Å². The standard InChI is InChI=1S/C16H18O2S/c1-13(17)14-6-5-7-15(12-14)18-10-11-19-16-8-3-2-4-9-16/h2-9,12-13,17H,10-11H2,1H3/t13-/m1/s1. The maximum atomic E-state index is 9.51. The van der Waals surface area contributed by atoms with Crippen LogP contribution in [-0.2, 0) is 0 Å². The summed E-state index contributed by atoms with van der Waals surface area (Å²) in [5, 5.41) is 9.51. The first kappa shape index (κ1) is 14.0. The van der Waals surface area contributed by atoms with E-state index in [-0.39, 0.29) is 0 Å². The third kappa shape index (κ3) is 4.62. The van der Waals surface area contributed by atoms with Crippen molar-refractivity contribution in [1.82, 2.24) is 0 Å². The Hall–Kier alpha value is -1.45. The lowest BCUT2D eigenvalue weighted by atomic mass is 10.1. The highest BCUT2D eigenvalue weighted by molar-refractivity contribution is 7.99. The molecule has 3 heteroatoms. The summed E-state index contributed by atoms with van der Waals surface area (Å²) in [7, 11) is 0. The first-order valence-electron chi connectivity index (χ1n) is 6.34. The Morgan fingerprint density at radius 1 is 1.11 bits per heavy atom. The van der Waals surface area contributed by atoms with Crippen LogP contribution in [0.15, 0.2) is 59.5 Å². The van der Waals surface area contributed by atoms with E-state index in [1.807, 2.05) is 42.5 Å². The molecule has 100 valence electrons. The van der Waals surface area contributed by atoms with E-state index >= 15 is 0 Å². The van der Waals surface area contributed by atoms with Crippen LogP contribution in [0.1, 0.15) is 18.6 Å². The number of benzene rings is 2. The van der Waals surface area contributed by atoms with Crippen molar-refractivity contribution >= 4 is 11.8 Å². The van der Waals surface area contributed by atoms with Crippen LogP contribution in [0.4, 0.5) is 0 Å².